The highest BCUT2D eigenvalue weighted by atomic mass is 16.3. The second-order valence-corrected chi connectivity index (χ2v) is 5.33. The van der Waals surface area contributed by atoms with E-state index in [0.29, 0.717) is 24.0 Å². The minimum Gasteiger partial charge on any atom is -0.393 e. The Hall–Kier alpha value is -1.69. The molecule has 1 aliphatic carbocycles. The summed E-state index contributed by atoms with van der Waals surface area (Å²) in [6.45, 7) is 1.37. The van der Waals surface area contributed by atoms with Crippen molar-refractivity contribution < 1.29 is 9.90 Å². The lowest BCUT2D eigenvalue weighted by Gasteiger charge is -2.17. The van der Waals surface area contributed by atoms with Crippen LogP contribution in [-0.4, -0.2) is 52.4 Å². The Labute approximate surface area is 111 Å². The molecule has 6 heteroatoms. The van der Waals surface area contributed by atoms with Gasteiger partial charge in [-0.3, -0.25) is 4.79 Å². The van der Waals surface area contributed by atoms with Crippen LogP contribution < -0.4 is 5.32 Å². The van der Waals surface area contributed by atoms with Gasteiger partial charge in [-0.05, 0) is 30.9 Å². The number of carbonyl (C=O) groups is 1. The van der Waals surface area contributed by atoms with Crippen molar-refractivity contribution >= 4 is 11.7 Å². The van der Waals surface area contributed by atoms with Gasteiger partial charge in [-0.15, -0.1) is 10.2 Å². The molecule has 6 nitrogen and oxygen atoms in total. The third-order valence-corrected chi connectivity index (χ3v) is 4.25. The van der Waals surface area contributed by atoms with Crippen LogP contribution in [0.4, 0.5) is 5.82 Å². The standard InChI is InChI=1S/C13H18N4O2/c1-14-12-5-3-10(15-16-12)13(19)17-6-8-2-4-11(18)9(8)7-17/h3,5,8-9,11,18H,2,4,6-7H2,1H3,(H,14,16). The van der Waals surface area contributed by atoms with Crippen molar-refractivity contribution in [2.24, 2.45) is 11.8 Å². The Bertz CT molecular complexity index is 476. The molecule has 0 spiro atoms. The summed E-state index contributed by atoms with van der Waals surface area (Å²) in [5.74, 6) is 1.25. The fraction of sp³-hybridized carbons (Fsp3) is 0.615. The number of rotatable bonds is 2. The second kappa shape index (κ2) is 4.77. The number of aliphatic hydroxyl groups excluding tert-OH is 1. The first-order chi connectivity index (χ1) is 9.19. The van der Waals surface area contributed by atoms with Crippen molar-refractivity contribution in [1.29, 1.82) is 0 Å². The van der Waals surface area contributed by atoms with E-state index in [-0.39, 0.29) is 17.9 Å². The average molecular weight is 262 g/mol. The number of hydrogen-bond acceptors (Lipinski definition) is 5. The summed E-state index contributed by atoms with van der Waals surface area (Å²) in [5, 5.41) is 20.6. The van der Waals surface area contributed by atoms with Crippen LogP contribution in [-0.2, 0) is 0 Å². The molecule has 1 aliphatic heterocycles. The van der Waals surface area contributed by atoms with Crippen LogP contribution in [0.15, 0.2) is 12.1 Å². The largest absolute Gasteiger partial charge is 0.393 e. The number of amides is 1. The monoisotopic (exact) mass is 262 g/mol. The van der Waals surface area contributed by atoms with Gasteiger partial charge in [-0.1, -0.05) is 0 Å². The zero-order chi connectivity index (χ0) is 13.4. The SMILES string of the molecule is CNc1ccc(C(=O)N2CC3CCC(O)C3C2)nn1. The van der Waals surface area contributed by atoms with Crippen molar-refractivity contribution in [3.05, 3.63) is 17.8 Å². The first kappa shape index (κ1) is 12.3. The van der Waals surface area contributed by atoms with Gasteiger partial charge in [-0.2, -0.15) is 0 Å². The van der Waals surface area contributed by atoms with E-state index in [4.69, 9.17) is 0 Å². The van der Waals surface area contributed by atoms with Gasteiger partial charge in [0.2, 0.25) is 0 Å². The van der Waals surface area contributed by atoms with Crippen molar-refractivity contribution in [2.75, 3.05) is 25.5 Å². The number of carbonyl (C=O) groups excluding carboxylic acids is 1. The predicted molar refractivity (Wildman–Crippen MR) is 69.7 cm³/mol. The van der Waals surface area contributed by atoms with Gasteiger partial charge in [0.25, 0.3) is 5.91 Å². The molecule has 1 amide bonds. The van der Waals surface area contributed by atoms with Crippen LogP contribution in [0.25, 0.3) is 0 Å². The smallest absolute Gasteiger partial charge is 0.274 e. The second-order valence-electron chi connectivity index (χ2n) is 5.33. The van der Waals surface area contributed by atoms with Crippen LogP contribution in [0.1, 0.15) is 23.3 Å². The fourth-order valence-corrected chi connectivity index (χ4v) is 3.14. The molecular formula is C13H18N4O2. The molecule has 1 aromatic rings. The zero-order valence-corrected chi connectivity index (χ0v) is 10.9. The topological polar surface area (TPSA) is 78.4 Å². The molecule has 102 valence electrons. The molecule has 3 atom stereocenters. The van der Waals surface area contributed by atoms with Crippen molar-refractivity contribution in [2.45, 2.75) is 18.9 Å². The third kappa shape index (κ3) is 2.16. The van der Waals surface area contributed by atoms with Gasteiger partial charge < -0.3 is 15.3 Å². The van der Waals surface area contributed by atoms with Crippen molar-refractivity contribution in [1.82, 2.24) is 15.1 Å². The number of nitrogens with zero attached hydrogens (tertiary/aromatic N) is 3. The first-order valence-corrected chi connectivity index (χ1v) is 6.68. The summed E-state index contributed by atoms with van der Waals surface area (Å²) in [6, 6.07) is 3.43. The molecule has 2 fully saturated rings. The molecule has 2 N–H and O–H groups in total. The van der Waals surface area contributed by atoms with Crippen LogP contribution >= 0.6 is 0 Å². The molecule has 1 saturated heterocycles. The molecule has 3 rings (SSSR count). The maximum Gasteiger partial charge on any atom is 0.274 e. The molecule has 0 radical (unpaired) electrons. The lowest BCUT2D eigenvalue weighted by Crippen LogP contribution is -2.31. The van der Waals surface area contributed by atoms with Crippen LogP contribution in [0, 0.1) is 11.8 Å². The Kier molecular flexibility index (Phi) is 3.10. The predicted octanol–water partition coefficient (Wildman–Crippen LogP) is 0.361. The van der Waals surface area contributed by atoms with E-state index in [1.807, 2.05) is 0 Å². The molecule has 1 saturated carbocycles. The Balaban J connectivity index is 1.71. The highest BCUT2D eigenvalue weighted by Crippen LogP contribution is 2.38. The van der Waals surface area contributed by atoms with Crippen molar-refractivity contribution in [3.8, 4) is 0 Å². The number of nitrogens with one attached hydrogen (secondary N) is 1. The number of aromatic nitrogens is 2. The van der Waals surface area contributed by atoms with E-state index < -0.39 is 0 Å². The van der Waals surface area contributed by atoms with Gasteiger partial charge >= 0.3 is 0 Å². The number of fused-ring (bicyclic) bond motifs is 1. The van der Waals surface area contributed by atoms with E-state index in [9.17, 15) is 9.90 Å². The molecule has 1 aromatic heterocycles. The van der Waals surface area contributed by atoms with Crippen LogP contribution in [0.5, 0.6) is 0 Å². The summed E-state index contributed by atoms with van der Waals surface area (Å²) in [5.41, 5.74) is 0.369. The third-order valence-electron chi connectivity index (χ3n) is 4.25. The van der Waals surface area contributed by atoms with E-state index in [1.165, 1.54) is 0 Å². The van der Waals surface area contributed by atoms with E-state index in [1.54, 1.807) is 24.1 Å². The lowest BCUT2D eigenvalue weighted by molar-refractivity contribution is 0.0745. The fourth-order valence-electron chi connectivity index (χ4n) is 3.14. The van der Waals surface area contributed by atoms with Gasteiger partial charge in [0.15, 0.2) is 5.69 Å². The number of likely N-dealkylation sites (tertiary alicyclic amines) is 1. The van der Waals surface area contributed by atoms with E-state index in [0.717, 1.165) is 19.4 Å². The molecular weight excluding hydrogens is 244 g/mol. The maximum atomic E-state index is 12.3. The number of hydrogen-bond donors (Lipinski definition) is 2. The van der Waals surface area contributed by atoms with Gasteiger partial charge in [0.05, 0.1) is 6.10 Å². The Morgan fingerprint density at radius 3 is 2.84 bits per heavy atom. The minimum atomic E-state index is -0.249. The molecule has 2 aliphatic rings. The van der Waals surface area contributed by atoms with Crippen molar-refractivity contribution in [3.63, 3.8) is 0 Å². The average Bonchev–Trinajstić information content (AvgIpc) is 3.01. The minimum absolute atomic E-state index is 0.0863. The normalized spacial score (nSPS) is 29.4. The summed E-state index contributed by atoms with van der Waals surface area (Å²) in [6.07, 6.45) is 1.63. The Morgan fingerprint density at radius 2 is 2.21 bits per heavy atom. The highest BCUT2D eigenvalue weighted by Gasteiger charge is 2.43. The number of anilines is 1. The van der Waals surface area contributed by atoms with E-state index in [2.05, 4.69) is 15.5 Å². The summed E-state index contributed by atoms with van der Waals surface area (Å²) in [4.78, 5) is 14.1. The molecule has 19 heavy (non-hydrogen) atoms. The highest BCUT2D eigenvalue weighted by molar-refractivity contribution is 5.92. The first-order valence-electron chi connectivity index (χ1n) is 6.68. The Morgan fingerprint density at radius 1 is 1.37 bits per heavy atom. The zero-order valence-electron chi connectivity index (χ0n) is 10.9. The summed E-state index contributed by atoms with van der Waals surface area (Å²) >= 11 is 0. The maximum absolute atomic E-state index is 12.3. The van der Waals surface area contributed by atoms with Crippen LogP contribution in [0.2, 0.25) is 0 Å². The summed E-state index contributed by atoms with van der Waals surface area (Å²) in [7, 11) is 1.76. The van der Waals surface area contributed by atoms with Crippen LogP contribution in [0.3, 0.4) is 0 Å². The molecule has 0 bridgehead atoms. The molecule has 0 aromatic carbocycles. The lowest BCUT2D eigenvalue weighted by atomic mass is 10.00. The summed E-state index contributed by atoms with van der Waals surface area (Å²) < 4.78 is 0. The number of aliphatic hydroxyl groups is 1. The van der Waals surface area contributed by atoms with Gasteiger partial charge in [-0.25, -0.2) is 0 Å². The quantitative estimate of drug-likeness (QED) is 0.804. The van der Waals surface area contributed by atoms with Gasteiger partial charge in [0, 0.05) is 26.1 Å². The molecule has 2 heterocycles. The molecule has 3 unspecified atom stereocenters. The van der Waals surface area contributed by atoms with E-state index >= 15 is 0 Å². The van der Waals surface area contributed by atoms with Gasteiger partial charge in [0.1, 0.15) is 5.82 Å².